The number of carbonyl (C=O) groups excluding carboxylic acids is 2. The van der Waals surface area contributed by atoms with Crippen LogP contribution < -0.4 is 9.61 Å². The maximum Gasteiger partial charge on any atom is 0.305 e. The van der Waals surface area contributed by atoms with Gasteiger partial charge in [0.05, 0.1) is 24.0 Å². The average molecular weight is 517 g/mol. The van der Waals surface area contributed by atoms with Crippen LogP contribution in [0.1, 0.15) is 35.6 Å². The van der Waals surface area contributed by atoms with Gasteiger partial charge in [-0.3, -0.25) is 24.1 Å². The van der Waals surface area contributed by atoms with Gasteiger partial charge in [0.15, 0.2) is 11.5 Å². The molecule has 1 aromatic carbocycles. The Morgan fingerprint density at radius 2 is 1.94 bits per heavy atom. The second-order valence-electron chi connectivity index (χ2n) is 9.72. The van der Waals surface area contributed by atoms with Crippen molar-refractivity contribution in [3.63, 3.8) is 0 Å². The highest BCUT2D eigenvalue weighted by Crippen LogP contribution is 2.68. The fourth-order valence-corrected chi connectivity index (χ4v) is 9.84. The number of ether oxygens (including phenoxy) is 1. The maximum absolute atomic E-state index is 13.4. The normalized spacial score (nSPS) is 32.5. The molecule has 2 aromatic rings. The molecule has 0 spiro atoms. The third kappa shape index (κ3) is 3.27. The summed E-state index contributed by atoms with van der Waals surface area (Å²) in [4.78, 5) is 55.0. The lowest BCUT2D eigenvalue weighted by Gasteiger charge is -2.43. The van der Waals surface area contributed by atoms with Crippen LogP contribution in [0.15, 0.2) is 28.0 Å². The van der Waals surface area contributed by atoms with Crippen LogP contribution in [0.2, 0.25) is 0 Å². The highest BCUT2D eigenvalue weighted by molar-refractivity contribution is 8.00. The van der Waals surface area contributed by atoms with E-state index in [0.717, 1.165) is 21.9 Å². The molecule has 3 heterocycles. The van der Waals surface area contributed by atoms with Gasteiger partial charge in [-0.2, -0.15) is 0 Å². The Labute approximate surface area is 208 Å². The molecule has 2 amide bonds. The first kappa shape index (κ1) is 22.7. The number of nitrogens with one attached hydrogen (secondary N) is 1. The Morgan fingerprint density at radius 1 is 1.20 bits per heavy atom. The molecule has 2 bridgehead atoms. The predicted octanol–water partition coefficient (Wildman–Crippen LogP) is 2.49. The van der Waals surface area contributed by atoms with Crippen molar-refractivity contribution in [1.82, 2.24) is 9.88 Å². The van der Waals surface area contributed by atoms with E-state index in [-0.39, 0.29) is 76.7 Å². The molecule has 4 aliphatic rings. The third-order valence-corrected chi connectivity index (χ3v) is 10.7. The van der Waals surface area contributed by atoms with Gasteiger partial charge >= 0.3 is 10.8 Å². The molecule has 6 rings (SSSR count). The van der Waals surface area contributed by atoms with E-state index in [1.54, 1.807) is 23.9 Å². The average Bonchev–Trinajstić information content (AvgIpc) is 3.54. The van der Waals surface area contributed by atoms with Gasteiger partial charge in [0.25, 0.3) is 0 Å². The first-order valence-electron chi connectivity index (χ1n) is 11.6. The number of methoxy groups -OCH3 is 1. The Morgan fingerprint density at radius 3 is 2.66 bits per heavy atom. The number of carbonyl (C=O) groups is 3. The van der Waals surface area contributed by atoms with E-state index < -0.39 is 11.9 Å². The number of amides is 2. The zero-order chi connectivity index (χ0) is 24.6. The monoisotopic (exact) mass is 516 g/mol. The molecular formula is C24H24N2O7S2. The summed E-state index contributed by atoms with van der Waals surface area (Å²) in [5, 5.41) is 20.0. The van der Waals surface area contributed by atoms with Crippen LogP contribution >= 0.6 is 23.1 Å². The fourth-order valence-electron chi connectivity index (χ4n) is 6.95. The number of aliphatic carboxylic acids is 1. The summed E-state index contributed by atoms with van der Waals surface area (Å²) in [6.45, 7) is 0.137. The molecular weight excluding hydrogens is 492 g/mol. The minimum absolute atomic E-state index is 0.0130. The van der Waals surface area contributed by atoms with E-state index in [4.69, 9.17) is 9.84 Å². The zero-order valence-electron chi connectivity index (χ0n) is 18.8. The summed E-state index contributed by atoms with van der Waals surface area (Å²) < 4.78 is 5.34. The quantitative estimate of drug-likeness (QED) is 0.498. The van der Waals surface area contributed by atoms with Crippen molar-refractivity contribution in [2.75, 3.05) is 13.7 Å². The molecule has 3 fully saturated rings. The number of thioether (sulfide) groups is 1. The molecule has 35 heavy (non-hydrogen) atoms. The minimum Gasteiger partial charge on any atom is -0.504 e. The van der Waals surface area contributed by atoms with Gasteiger partial charge in [0.2, 0.25) is 11.8 Å². The van der Waals surface area contributed by atoms with Crippen LogP contribution in [0, 0.1) is 29.6 Å². The number of nitrogens with zero attached hydrogens (tertiary/aromatic N) is 1. The Bertz CT molecular complexity index is 1300. The molecule has 11 heteroatoms. The number of thiazole rings is 1. The van der Waals surface area contributed by atoms with E-state index in [0.29, 0.717) is 5.75 Å². The number of phenolic OH excluding ortho intramolecular Hbond substituents is 1. The van der Waals surface area contributed by atoms with Crippen molar-refractivity contribution >= 4 is 40.9 Å². The van der Waals surface area contributed by atoms with Gasteiger partial charge in [0.1, 0.15) is 0 Å². The number of phenols is 1. The number of fused-ring (bicyclic) bond motifs is 9. The van der Waals surface area contributed by atoms with Crippen LogP contribution in [0.5, 0.6) is 11.5 Å². The van der Waals surface area contributed by atoms with Crippen LogP contribution in [-0.2, 0) is 14.4 Å². The van der Waals surface area contributed by atoms with Gasteiger partial charge in [-0.25, -0.2) is 0 Å². The largest absolute Gasteiger partial charge is 0.504 e. The summed E-state index contributed by atoms with van der Waals surface area (Å²) in [5.74, 6) is -1.82. The summed E-state index contributed by atoms with van der Waals surface area (Å²) in [5.41, 5.74) is 0.908. The first-order valence-corrected chi connectivity index (χ1v) is 13.3. The van der Waals surface area contributed by atoms with Crippen molar-refractivity contribution in [2.45, 2.75) is 35.5 Å². The molecule has 1 saturated heterocycles. The molecule has 3 N–H and O–H groups in total. The molecule has 1 aromatic heterocycles. The Kier molecular flexibility index (Phi) is 5.26. The Hall–Kier alpha value is -2.79. The van der Waals surface area contributed by atoms with Crippen molar-refractivity contribution in [3.8, 4) is 11.5 Å². The van der Waals surface area contributed by atoms with E-state index >= 15 is 0 Å². The first-order chi connectivity index (χ1) is 16.8. The molecule has 0 radical (unpaired) electrons. The van der Waals surface area contributed by atoms with Gasteiger partial charge in [-0.15, -0.1) is 11.8 Å². The van der Waals surface area contributed by atoms with Crippen LogP contribution in [-0.4, -0.2) is 56.8 Å². The number of hydrogen-bond donors (Lipinski definition) is 3. The number of benzene rings is 1. The molecule has 184 valence electrons. The number of carboxylic acid groups (broad SMARTS) is 1. The van der Waals surface area contributed by atoms with Crippen molar-refractivity contribution in [2.24, 2.45) is 29.6 Å². The fraction of sp³-hybridized carbons (Fsp3) is 0.500. The van der Waals surface area contributed by atoms with Crippen molar-refractivity contribution < 1.29 is 29.3 Å². The number of aromatic amines is 1. The molecule has 9 nitrogen and oxygen atoms in total. The molecule has 7 atom stereocenters. The van der Waals surface area contributed by atoms with Crippen molar-refractivity contribution in [1.29, 1.82) is 0 Å². The third-order valence-electron chi connectivity index (χ3n) is 8.15. The number of hydrogen-bond acceptors (Lipinski definition) is 8. The van der Waals surface area contributed by atoms with E-state index in [9.17, 15) is 24.3 Å². The Balaban J connectivity index is 1.39. The van der Waals surface area contributed by atoms with Crippen molar-refractivity contribution in [3.05, 3.63) is 38.3 Å². The highest BCUT2D eigenvalue weighted by atomic mass is 32.2. The number of imide groups is 1. The number of aromatic hydroxyl groups is 1. The standard InChI is InChI=1S/C24H24N2O7S2/c1-33-13-7-9(4-5-12(13)27)15-16-10-8-11(19(16)34-21-20(15)35-24(32)25-21)18-17(10)22(30)26(23(18)31)6-2-3-14(28)29/h4-5,7,10-11,15-19,27H,2-3,6,8H2,1H3,(H,25,32)(H,28,29)/t10-,11+,15+,16-,17+,18+,19-/m1/s1. The lowest BCUT2D eigenvalue weighted by molar-refractivity contribution is -0.142. The molecule has 2 saturated carbocycles. The maximum atomic E-state index is 13.4. The number of likely N-dealkylation sites (tertiary alicyclic amines) is 1. The van der Waals surface area contributed by atoms with Crippen LogP contribution in [0.4, 0.5) is 0 Å². The number of aromatic nitrogens is 1. The second kappa shape index (κ2) is 8.12. The van der Waals surface area contributed by atoms with Crippen LogP contribution in [0.25, 0.3) is 0 Å². The lowest BCUT2D eigenvalue weighted by Crippen LogP contribution is -2.42. The molecule has 2 aliphatic carbocycles. The number of carboxylic acids is 1. The highest BCUT2D eigenvalue weighted by Gasteiger charge is 2.69. The van der Waals surface area contributed by atoms with Gasteiger partial charge < -0.3 is 19.9 Å². The van der Waals surface area contributed by atoms with Gasteiger partial charge in [-0.1, -0.05) is 17.4 Å². The smallest absolute Gasteiger partial charge is 0.305 e. The van der Waals surface area contributed by atoms with Gasteiger partial charge in [0, 0.05) is 29.0 Å². The number of H-pyrrole nitrogens is 1. The van der Waals surface area contributed by atoms with E-state index in [1.807, 2.05) is 6.07 Å². The van der Waals surface area contributed by atoms with Gasteiger partial charge in [-0.05, 0) is 48.3 Å². The SMILES string of the molecule is COc1cc([C@@H]2c3sc(=O)[nH]c3S[C@@H]3[C@H]4C[C@@H]([C@@H]5C(=O)N(CCCC(=O)O)C(=O)[C@@H]45)[C@H]23)ccc1O. The minimum atomic E-state index is -0.945. The summed E-state index contributed by atoms with van der Waals surface area (Å²) in [7, 11) is 1.49. The summed E-state index contributed by atoms with van der Waals surface area (Å²) >= 11 is 2.79. The second-order valence-corrected chi connectivity index (χ2v) is 11.9. The summed E-state index contributed by atoms with van der Waals surface area (Å²) in [6.07, 6.45) is 0.944. The zero-order valence-corrected chi connectivity index (χ0v) is 20.4. The van der Waals surface area contributed by atoms with E-state index in [1.165, 1.54) is 23.3 Å². The topological polar surface area (TPSA) is 137 Å². The summed E-state index contributed by atoms with van der Waals surface area (Å²) in [6, 6.07) is 5.22. The van der Waals surface area contributed by atoms with Crippen LogP contribution in [0.3, 0.4) is 0 Å². The predicted molar refractivity (Wildman–Crippen MR) is 127 cm³/mol. The number of rotatable bonds is 6. The van der Waals surface area contributed by atoms with E-state index in [2.05, 4.69) is 4.98 Å². The molecule has 2 aliphatic heterocycles. The lowest BCUT2D eigenvalue weighted by atomic mass is 9.68. The molecule has 0 unspecified atom stereocenters.